The summed E-state index contributed by atoms with van der Waals surface area (Å²) < 4.78 is 16.8. The van der Waals surface area contributed by atoms with Crippen molar-refractivity contribution in [2.45, 2.75) is 258 Å². The zero-order valence-corrected chi connectivity index (χ0v) is 43.6. The maximum absolute atomic E-state index is 12.8. The molecule has 0 radical (unpaired) electrons. The highest BCUT2D eigenvalue weighted by atomic mass is 16.6. The summed E-state index contributed by atoms with van der Waals surface area (Å²) >= 11 is 0. The van der Waals surface area contributed by atoms with Crippen LogP contribution in [-0.2, 0) is 28.6 Å². The van der Waals surface area contributed by atoms with Gasteiger partial charge in [-0.25, -0.2) is 0 Å². The average molecular weight is 931 g/mol. The molecule has 0 spiro atoms. The third kappa shape index (κ3) is 53.2. The maximum Gasteiger partial charge on any atom is 0.306 e. The number of allylic oxidation sites excluding steroid dienone is 16. The summed E-state index contributed by atoms with van der Waals surface area (Å²) in [6.07, 6.45) is 72.4. The van der Waals surface area contributed by atoms with Crippen LogP contribution in [0.25, 0.3) is 0 Å². The van der Waals surface area contributed by atoms with Gasteiger partial charge in [0.2, 0.25) is 0 Å². The Morgan fingerprint density at radius 3 is 0.970 bits per heavy atom. The highest BCUT2D eigenvalue weighted by Crippen LogP contribution is 2.13. The van der Waals surface area contributed by atoms with Gasteiger partial charge in [0, 0.05) is 19.3 Å². The molecule has 0 N–H and O–H groups in total. The van der Waals surface area contributed by atoms with Crippen LogP contribution in [-0.4, -0.2) is 37.2 Å². The number of esters is 3. The van der Waals surface area contributed by atoms with E-state index in [0.717, 1.165) is 135 Å². The Balaban J connectivity index is 4.49. The average Bonchev–Trinajstić information content (AvgIpc) is 3.33. The molecule has 0 aromatic heterocycles. The molecular formula is C61H102O6. The summed E-state index contributed by atoms with van der Waals surface area (Å²) in [4.78, 5) is 38.1. The van der Waals surface area contributed by atoms with E-state index in [1.165, 1.54) is 77.0 Å². The van der Waals surface area contributed by atoms with Crippen LogP contribution in [0.2, 0.25) is 0 Å². The lowest BCUT2D eigenvalue weighted by molar-refractivity contribution is -0.167. The number of carbonyl (C=O) groups is 3. The third-order valence-corrected chi connectivity index (χ3v) is 11.5. The first kappa shape index (κ1) is 63.3. The SMILES string of the molecule is CC/C=C\C/C=C\C/C=C\C/C=C\C/C=C\CCCCCC(=O)OC[C@H](COC(=O)CCCCCCC/C=C\C/C=C\CCCCC)OC(=O)CCCCCCC/C=C\CCCCCCCC. The van der Waals surface area contributed by atoms with E-state index >= 15 is 0 Å². The van der Waals surface area contributed by atoms with Crippen LogP contribution < -0.4 is 0 Å². The van der Waals surface area contributed by atoms with Gasteiger partial charge in [-0.3, -0.25) is 14.4 Å². The molecule has 0 aromatic rings. The predicted octanol–water partition coefficient (Wildman–Crippen LogP) is 18.5. The first-order valence-corrected chi connectivity index (χ1v) is 27.7. The van der Waals surface area contributed by atoms with E-state index in [4.69, 9.17) is 14.2 Å². The minimum absolute atomic E-state index is 0.0995. The second-order valence-corrected chi connectivity index (χ2v) is 18.1. The summed E-state index contributed by atoms with van der Waals surface area (Å²) in [6, 6.07) is 0. The molecule has 0 fully saturated rings. The number of rotatable bonds is 49. The zero-order valence-electron chi connectivity index (χ0n) is 43.6. The fraction of sp³-hybridized carbons (Fsp3) is 0.689. The van der Waals surface area contributed by atoms with Crippen molar-refractivity contribution in [1.82, 2.24) is 0 Å². The Morgan fingerprint density at radius 1 is 0.313 bits per heavy atom. The fourth-order valence-corrected chi connectivity index (χ4v) is 7.37. The quantitative estimate of drug-likeness (QED) is 0.0262. The van der Waals surface area contributed by atoms with Crippen LogP contribution in [0.5, 0.6) is 0 Å². The molecule has 67 heavy (non-hydrogen) atoms. The molecule has 6 heteroatoms. The summed E-state index contributed by atoms with van der Waals surface area (Å²) in [5, 5.41) is 0. The van der Waals surface area contributed by atoms with Gasteiger partial charge in [0.1, 0.15) is 13.2 Å². The van der Waals surface area contributed by atoms with Gasteiger partial charge in [-0.15, -0.1) is 0 Å². The van der Waals surface area contributed by atoms with E-state index in [-0.39, 0.29) is 31.1 Å². The highest BCUT2D eigenvalue weighted by Gasteiger charge is 2.19. The molecule has 0 aliphatic heterocycles. The van der Waals surface area contributed by atoms with Crippen LogP contribution in [0.1, 0.15) is 252 Å². The number of unbranched alkanes of at least 4 members (excludes halogenated alkanes) is 22. The lowest BCUT2D eigenvalue weighted by atomic mass is 10.1. The van der Waals surface area contributed by atoms with Crippen LogP contribution in [0.3, 0.4) is 0 Å². The van der Waals surface area contributed by atoms with Crippen LogP contribution in [0.15, 0.2) is 97.2 Å². The van der Waals surface area contributed by atoms with Gasteiger partial charge in [-0.1, -0.05) is 208 Å². The van der Waals surface area contributed by atoms with Gasteiger partial charge in [0.25, 0.3) is 0 Å². The molecule has 1 atom stereocenters. The van der Waals surface area contributed by atoms with Crippen molar-refractivity contribution in [3.05, 3.63) is 97.2 Å². The molecule has 0 saturated heterocycles. The first-order chi connectivity index (χ1) is 33.0. The van der Waals surface area contributed by atoms with Crippen molar-refractivity contribution in [3.8, 4) is 0 Å². The van der Waals surface area contributed by atoms with E-state index in [1.54, 1.807) is 0 Å². The predicted molar refractivity (Wildman–Crippen MR) is 288 cm³/mol. The van der Waals surface area contributed by atoms with E-state index in [0.29, 0.717) is 19.3 Å². The molecule has 0 aliphatic carbocycles. The van der Waals surface area contributed by atoms with Gasteiger partial charge >= 0.3 is 17.9 Å². The maximum atomic E-state index is 12.8. The molecule has 0 unspecified atom stereocenters. The number of hydrogen-bond acceptors (Lipinski definition) is 6. The van der Waals surface area contributed by atoms with Crippen molar-refractivity contribution in [2.24, 2.45) is 0 Å². The molecule has 0 amide bonds. The van der Waals surface area contributed by atoms with E-state index in [2.05, 4.69) is 118 Å². The number of hydrogen-bond donors (Lipinski definition) is 0. The Kier molecular flexibility index (Phi) is 51.9. The summed E-state index contributed by atoms with van der Waals surface area (Å²) in [7, 11) is 0. The lowest BCUT2D eigenvalue weighted by Crippen LogP contribution is -2.30. The third-order valence-electron chi connectivity index (χ3n) is 11.5. The van der Waals surface area contributed by atoms with Gasteiger partial charge in [0.05, 0.1) is 0 Å². The molecule has 0 bridgehead atoms. The first-order valence-electron chi connectivity index (χ1n) is 27.7. The number of ether oxygens (including phenoxy) is 3. The molecule has 0 aromatic carbocycles. The van der Waals surface area contributed by atoms with Crippen molar-refractivity contribution in [1.29, 1.82) is 0 Å². The molecule has 0 heterocycles. The molecule has 0 rings (SSSR count). The fourth-order valence-electron chi connectivity index (χ4n) is 7.37. The molecular weight excluding hydrogens is 829 g/mol. The Morgan fingerprint density at radius 2 is 0.582 bits per heavy atom. The van der Waals surface area contributed by atoms with Crippen LogP contribution in [0, 0.1) is 0 Å². The van der Waals surface area contributed by atoms with Crippen molar-refractivity contribution in [3.63, 3.8) is 0 Å². The summed E-state index contributed by atoms with van der Waals surface area (Å²) in [5.74, 6) is -0.953. The molecule has 382 valence electrons. The zero-order chi connectivity index (χ0) is 48.6. The molecule has 0 saturated carbocycles. The second kappa shape index (κ2) is 54.9. The Bertz CT molecular complexity index is 1350. The van der Waals surface area contributed by atoms with Gasteiger partial charge in [-0.2, -0.15) is 0 Å². The molecule has 6 nitrogen and oxygen atoms in total. The minimum atomic E-state index is -0.802. The molecule has 0 aliphatic rings. The van der Waals surface area contributed by atoms with E-state index in [1.807, 2.05) is 0 Å². The van der Waals surface area contributed by atoms with Gasteiger partial charge in [0.15, 0.2) is 6.10 Å². The second-order valence-electron chi connectivity index (χ2n) is 18.1. The summed E-state index contributed by atoms with van der Waals surface area (Å²) in [5.41, 5.74) is 0. The van der Waals surface area contributed by atoms with Gasteiger partial charge < -0.3 is 14.2 Å². The van der Waals surface area contributed by atoms with Gasteiger partial charge in [-0.05, 0) is 122 Å². The number of carbonyl (C=O) groups excluding carboxylic acids is 3. The van der Waals surface area contributed by atoms with Crippen LogP contribution in [0.4, 0.5) is 0 Å². The smallest absolute Gasteiger partial charge is 0.306 e. The Labute approximate surface area is 413 Å². The largest absolute Gasteiger partial charge is 0.462 e. The van der Waals surface area contributed by atoms with Crippen molar-refractivity contribution >= 4 is 17.9 Å². The standard InChI is InChI=1S/C61H102O6/c1-4-7-10-13-16-19-22-25-28-29-30-31-34-36-39-42-45-48-51-54-60(63)66-57-58(67-61(64)55-52-49-46-43-40-37-33-27-24-21-18-15-12-9-6-3)56-65-59(62)53-50-47-44-41-38-35-32-26-23-20-17-14-11-8-5-2/h7,10,16-17,19-20,25-28,30-33,36,39,58H,4-6,8-9,11-15,18,21-24,29,34-35,37-38,40-57H2,1-3H3/b10-7-,19-16-,20-17-,28-25-,31-30-,32-26-,33-27-,39-36-/t58-/m0/s1. The van der Waals surface area contributed by atoms with Crippen LogP contribution >= 0.6 is 0 Å². The Hall–Kier alpha value is -3.67. The minimum Gasteiger partial charge on any atom is -0.462 e. The normalized spacial score (nSPS) is 12.8. The van der Waals surface area contributed by atoms with E-state index in [9.17, 15) is 14.4 Å². The van der Waals surface area contributed by atoms with E-state index < -0.39 is 6.10 Å². The lowest BCUT2D eigenvalue weighted by Gasteiger charge is -2.18. The highest BCUT2D eigenvalue weighted by molar-refractivity contribution is 5.71. The summed E-state index contributed by atoms with van der Waals surface area (Å²) in [6.45, 7) is 6.45. The van der Waals surface area contributed by atoms with Crippen molar-refractivity contribution < 1.29 is 28.6 Å². The van der Waals surface area contributed by atoms with Crippen molar-refractivity contribution in [2.75, 3.05) is 13.2 Å². The topological polar surface area (TPSA) is 78.9 Å². The monoisotopic (exact) mass is 931 g/mol.